The SMILES string of the molecule is C[C@H](c1ccc(Cl)s1)[C@H](CCOCC(N)=O)S(=O)(=O)N[C@H]1CCN(c2ccc(C(=O)N(C)C)cc2F)C1=O. The number of primary amides is 1. The molecule has 14 heteroatoms. The standard InChI is InChI=1S/C24H30ClFN4O6S2/c1-14(19-6-7-21(25)37-19)20(9-11-36-13-22(27)31)38(34,35)28-17-8-10-30(24(17)33)18-5-4-15(12-16(18)26)23(32)29(2)3/h4-7,12,14,17,20,28H,8-11,13H2,1-3H3,(H2,27,31)/t14-,17+,20+/m1/s1. The van der Waals surface area contributed by atoms with Crippen molar-refractivity contribution in [1.29, 1.82) is 0 Å². The lowest BCUT2D eigenvalue weighted by Crippen LogP contribution is -2.47. The number of amides is 3. The minimum atomic E-state index is -4.09. The highest BCUT2D eigenvalue weighted by molar-refractivity contribution is 7.90. The van der Waals surface area contributed by atoms with Crippen molar-refractivity contribution in [2.24, 2.45) is 5.73 Å². The van der Waals surface area contributed by atoms with E-state index in [0.717, 1.165) is 10.9 Å². The molecule has 3 N–H and O–H groups in total. The summed E-state index contributed by atoms with van der Waals surface area (Å²) in [5.41, 5.74) is 5.18. The smallest absolute Gasteiger partial charge is 0.253 e. The van der Waals surface area contributed by atoms with Gasteiger partial charge in [0.1, 0.15) is 18.5 Å². The molecule has 1 aromatic heterocycles. The molecule has 0 unspecified atom stereocenters. The molecule has 2 heterocycles. The molecule has 10 nitrogen and oxygen atoms in total. The molecule has 1 saturated heterocycles. The molecule has 1 aromatic carbocycles. The van der Waals surface area contributed by atoms with Crippen molar-refractivity contribution in [3.05, 3.63) is 50.9 Å². The summed E-state index contributed by atoms with van der Waals surface area (Å²) in [7, 11) is -1.01. The van der Waals surface area contributed by atoms with E-state index in [2.05, 4.69) is 4.72 Å². The summed E-state index contributed by atoms with van der Waals surface area (Å²) >= 11 is 7.29. The number of nitrogens with zero attached hydrogens (tertiary/aromatic N) is 2. The molecule has 0 radical (unpaired) electrons. The summed E-state index contributed by atoms with van der Waals surface area (Å²) in [6, 6.07) is 6.11. The zero-order valence-corrected chi connectivity index (χ0v) is 23.5. The second-order valence-electron chi connectivity index (χ2n) is 9.14. The second-order valence-corrected chi connectivity index (χ2v) is 12.8. The van der Waals surface area contributed by atoms with Gasteiger partial charge in [0.05, 0.1) is 15.3 Å². The molecule has 0 spiro atoms. The maximum Gasteiger partial charge on any atom is 0.253 e. The van der Waals surface area contributed by atoms with Gasteiger partial charge in [0.15, 0.2) is 0 Å². The zero-order chi connectivity index (χ0) is 28.2. The van der Waals surface area contributed by atoms with Gasteiger partial charge in [-0.1, -0.05) is 18.5 Å². The molecule has 3 rings (SSSR count). The quantitative estimate of drug-likeness (QED) is 0.365. The number of nitrogens with one attached hydrogen (secondary N) is 1. The molecule has 208 valence electrons. The van der Waals surface area contributed by atoms with Crippen LogP contribution in [-0.4, -0.2) is 76.2 Å². The van der Waals surface area contributed by atoms with Gasteiger partial charge in [-0.3, -0.25) is 14.4 Å². The van der Waals surface area contributed by atoms with E-state index >= 15 is 0 Å². The third-order valence-corrected chi connectivity index (χ3v) is 9.68. The van der Waals surface area contributed by atoms with Gasteiger partial charge in [-0.2, -0.15) is 0 Å². The van der Waals surface area contributed by atoms with Gasteiger partial charge in [-0.05, 0) is 43.2 Å². The number of thiophene rings is 1. The maximum absolute atomic E-state index is 14.9. The Morgan fingerprint density at radius 3 is 2.61 bits per heavy atom. The van der Waals surface area contributed by atoms with Gasteiger partial charge >= 0.3 is 0 Å². The van der Waals surface area contributed by atoms with Crippen LogP contribution in [0.4, 0.5) is 10.1 Å². The number of anilines is 1. The minimum absolute atomic E-state index is 0.0277. The molecular weight excluding hydrogens is 559 g/mol. The minimum Gasteiger partial charge on any atom is -0.372 e. The van der Waals surface area contributed by atoms with Crippen molar-refractivity contribution >= 4 is 56.4 Å². The second kappa shape index (κ2) is 12.5. The molecule has 1 aliphatic heterocycles. The first-order valence-electron chi connectivity index (χ1n) is 11.8. The van der Waals surface area contributed by atoms with Crippen LogP contribution in [0.15, 0.2) is 30.3 Å². The summed E-state index contributed by atoms with van der Waals surface area (Å²) < 4.78 is 50.1. The van der Waals surface area contributed by atoms with Crippen LogP contribution < -0.4 is 15.4 Å². The van der Waals surface area contributed by atoms with E-state index in [4.69, 9.17) is 22.1 Å². The van der Waals surface area contributed by atoms with Gasteiger partial charge in [-0.15, -0.1) is 11.3 Å². The third kappa shape index (κ3) is 7.08. The van der Waals surface area contributed by atoms with Crippen LogP contribution >= 0.6 is 22.9 Å². The lowest BCUT2D eigenvalue weighted by molar-refractivity contribution is -0.122. The van der Waals surface area contributed by atoms with E-state index in [0.29, 0.717) is 4.34 Å². The molecule has 1 fully saturated rings. The van der Waals surface area contributed by atoms with Crippen molar-refractivity contribution in [2.45, 2.75) is 37.0 Å². The summed E-state index contributed by atoms with van der Waals surface area (Å²) in [5.74, 6) is -2.93. The van der Waals surface area contributed by atoms with Crippen molar-refractivity contribution in [3.8, 4) is 0 Å². The van der Waals surface area contributed by atoms with Crippen LogP contribution in [0.3, 0.4) is 0 Å². The lowest BCUT2D eigenvalue weighted by Gasteiger charge is -2.25. The normalized spacial score (nSPS) is 17.4. The van der Waals surface area contributed by atoms with Crippen molar-refractivity contribution in [2.75, 3.05) is 38.8 Å². The Morgan fingerprint density at radius 2 is 2.03 bits per heavy atom. The Bertz CT molecular complexity index is 1300. The van der Waals surface area contributed by atoms with Gasteiger partial charge in [-0.25, -0.2) is 17.5 Å². The van der Waals surface area contributed by atoms with Gasteiger partial charge in [0, 0.05) is 43.6 Å². The van der Waals surface area contributed by atoms with Crippen LogP contribution in [0.5, 0.6) is 0 Å². The number of halogens is 2. The number of carbonyl (C=O) groups is 3. The number of sulfonamides is 1. The van der Waals surface area contributed by atoms with E-state index in [1.165, 1.54) is 33.3 Å². The van der Waals surface area contributed by atoms with Gasteiger partial charge in [0.25, 0.3) is 5.91 Å². The van der Waals surface area contributed by atoms with Crippen molar-refractivity contribution in [1.82, 2.24) is 9.62 Å². The number of hydrogen-bond acceptors (Lipinski definition) is 7. The van der Waals surface area contributed by atoms with Crippen LogP contribution in [0.1, 0.15) is 40.9 Å². The predicted molar refractivity (Wildman–Crippen MR) is 143 cm³/mol. The average molecular weight is 589 g/mol. The first-order chi connectivity index (χ1) is 17.8. The number of hydrogen-bond donors (Lipinski definition) is 2. The molecular formula is C24H30ClFN4O6S2. The Balaban J connectivity index is 1.77. The number of ether oxygens (including phenoxy) is 1. The highest BCUT2D eigenvalue weighted by Gasteiger charge is 2.40. The van der Waals surface area contributed by atoms with Gasteiger partial charge in [0.2, 0.25) is 21.8 Å². The summed E-state index contributed by atoms with van der Waals surface area (Å²) in [6.07, 6.45) is 0.153. The van der Waals surface area contributed by atoms with Crippen LogP contribution in [-0.2, 0) is 24.3 Å². The Labute approximate surface area is 229 Å². The summed E-state index contributed by atoms with van der Waals surface area (Å²) in [6.45, 7) is 1.42. The topological polar surface area (TPSA) is 139 Å². The Kier molecular flexibility index (Phi) is 9.87. The molecule has 0 saturated carbocycles. The predicted octanol–water partition coefficient (Wildman–Crippen LogP) is 2.33. The van der Waals surface area contributed by atoms with E-state index in [1.807, 2.05) is 0 Å². The Morgan fingerprint density at radius 1 is 1.32 bits per heavy atom. The van der Waals surface area contributed by atoms with E-state index < -0.39 is 44.9 Å². The number of carbonyl (C=O) groups excluding carboxylic acids is 3. The molecule has 0 bridgehead atoms. The fourth-order valence-corrected chi connectivity index (χ4v) is 7.38. The first-order valence-corrected chi connectivity index (χ1v) is 14.5. The first kappa shape index (κ1) is 30.0. The molecule has 1 aliphatic rings. The highest BCUT2D eigenvalue weighted by atomic mass is 35.5. The fraction of sp³-hybridized carbons (Fsp3) is 0.458. The van der Waals surface area contributed by atoms with E-state index in [1.54, 1.807) is 33.2 Å². The fourth-order valence-electron chi connectivity index (χ4n) is 4.23. The van der Waals surface area contributed by atoms with Crippen LogP contribution in [0.2, 0.25) is 4.34 Å². The highest BCUT2D eigenvalue weighted by Crippen LogP contribution is 2.34. The van der Waals surface area contributed by atoms with E-state index in [-0.39, 0.29) is 49.8 Å². The molecule has 38 heavy (non-hydrogen) atoms. The number of benzene rings is 1. The Hall–Kier alpha value is -2.58. The monoisotopic (exact) mass is 588 g/mol. The average Bonchev–Trinajstić information content (AvgIpc) is 3.43. The summed E-state index contributed by atoms with van der Waals surface area (Å²) in [5, 5.41) is -1.01. The van der Waals surface area contributed by atoms with Crippen LogP contribution in [0, 0.1) is 5.82 Å². The lowest BCUT2D eigenvalue weighted by atomic mass is 10.0. The largest absolute Gasteiger partial charge is 0.372 e. The third-order valence-electron chi connectivity index (χ3n) is 6.19. The molecule has 2 aromatic rings. The zero-order valence-electron chi connectivity index (χ0n) is 21.1. The van der Waals surface area contributed by atoms with Crippen LogP contribution in [0.25, 0.3) is 0 Å². The molecule has 3 atom stereocenters. The molecule has 0 aliphatic carbocycles. The van der Waals surface area contributed by atoms with Crippen molar-refractivity contribution in [3.63, 3.8) is 0 Å². The van der Waals surface area contributed by atoms with Gasteiger partial charge < -0.3 is 20.3 Å². The molecule has 3 amide bonds. The summed E-state index contributed by atoms with van der Waals surface area (Å²) in [4.78, 5) is 39.4. The van der Waals surface area contributed by atoms with E-state index in [9.17, 15) is 27.2 Å². The number of rotatable bonds is 12. The maximum atomic E-state index is 14.9. The van der Waals surface area contributed by atoms with Crippen molar-refractivity contribution < 1.29 is 31.9 Å². The number of nitrogens with two attached hydrogens (primary N) is 1.